The fourth-order valence-electron chi connectivity index (χ4n) is 2.58. The number of halogens is 2. The normalized spacial score (nSPS) is 21.5. The van der Waals surface area contributed by atoms with Crippen LogP contribution in [0, 0.1) is 16.6 Å². The molecule has 17 heavy (non-hydrogen) atoms. The molecule has 3 heteroatoms. The van der Waals surface area contributed by atoms with Crippen molar-refractivity contribution in [3.63, 3.8) is 0 Å². The quantitative estimate of drug-likeness (QED) is 0.885. The van der Waals surface area contributed by atoms with Gasteiger partial charge in [0.15, 0.2) is 0 Å². The molecule has 1 N–H and O–H groups in total. The van der Waals surface area contributed by atoms with Crippen molar-refractivity contribution in [1.82, 2.24) is 5.32 Å². The lowest BCUT2D eigenvalue weighted by Crippen LogP contribution is -2.21. The largest absolute Gasteiger partial charge is 0.309 e. The SMILES string of the molecule is CC1(C)C(NCc2ccc(Br)c(F)c2)C1(C)C. The lowest BCUT2D eigenvalue weighted by molar-refractivity contribution is 0.457. The molecule has 0 atom stereocenters. The average Bonchev–Trinajstić information content (AvgIpc) is 2.61. The van der Waals surface area contributed by atoms with E-state index in [4.69, 9.17) is 0 Å². The van der Waals surface area contributed by atoms with Crippen molar-refractivity contribution in [2.45, 2.75) is 40.3 Å². The van der Waals surface area contributed by atoms with Gasteiger partial charge in [-0.25, -0.2) is 4.39 Å². The molecule has 0 saturated heterocycles. The van der Waals surface area contributed by atoms with Crippen molar-refractivity contribution >= 4 is 15.9 Å². The zero-order valence-electron chi connectivity index (χ0n) is 10.8. The van der Waals surface area contributed by atoms with E-state index in [1.807, 2.05) is 6.07 Å². The molecule has 1 aliphatic rings. The van der Waals surface area contributed by atoms with Crippen LogP contribution in [0.1, 0.15) is 33.3 Å². The summed E-state index contributed by atoms with van der Waals surface area (Å²) in [5.41, 5.74) is 1.63. The topological polar surface area (TPSA) is 12.0 Å². The van der Waals surface area contributed by atoms with Crippen molar-refractivity contribution in [1.29, 1.82) is 0 Å². The Labute approximate surface area is 111 Å². The third-order valence-electron chi connectivity index (χ3n) is 4.52. The highest BCUT2D eigenvalue weighted by Gasteiger charge is 2.64. The molecular formula is C14H19BrFN. The number of hydrogen-bond acceptors (Lipinski definition) is 1. The van der Waals surface area contributed by atoms with Gasteiger partial charge in [0.2, 0.25) is 0 Å². The van der Waals surface area contributed by atoms with Crippen molar-refractivity contribution in [2.75, 3.05) is 0 Å². The molecule has 1 aromatic rings. The summed E-state index contributed by atoms with van der Waals surface area (Å²) >= 11 is 3.16. The maximum atomic E-state index is 13.3. The van der Waals surface area contributed by atoms with E-state index in [9.17, 15) is 4.39 Å². The van der Waals surface area contributed by atoms with E-state index < -0.39 is 0 Å². The zero-order valence-corrected chi connectivity index (χ0v) is 12.4. The van der Waals surface area contributed by atoms with Gasteiger partial charge in [-0.05, 0) is 44.5 Å². The van der Waals surface area contributed by atoms with Crippen LogP contribution in [0.15, 0.2) is 22.7 Å². The molecule has 1 saturated carbocycles. The van der Waals surface area contributed by atoms with E-state index in [2.05, 4.69) is 48.9 Å². The number of rotatable bonds is 3. The van der Waals surface area contributed by atoms with Gasteiger partial charge in [-0.2, -0.15) is 0 Å². The highest BCUT2D eigenvalue weighted by Crippen LogP contribution is 2.62. The van der Waals surface area contributed by atoms with Crippen LogP contribution in [0.5, 0.6) is 0 Å². The minimum atomic E-state index is -0.196. The predicted molar refractivity (Wildman–Crippen MR) is 72.3 cm³/mol. The molecule has 0 radical (unpaired) electrons. The number of benzene rings is 1. The van der Waals surface area contributed by atoms with Gasteiger partial charge in [0, 0.05) is 12.6 Å². The smallest absolute Gasteiger partial charge is 0.137 e. The molecule has 0 spiro atoms. The first-order chi connectivity index (χ1) is 7.76. The Morgan fingerprint density at radius 2 is 1.82 bits per heavy atom. The standard InChI is InChI=1S/C14H19BrFN/c1-13(2)12(14(13,3)4)17-8-9-5-6-10(15)11(16)7-9/h5-7,12,17H,8H2,1-4H3. The summed E-state index contributed by atoms with van der Waals surface area (Å²) in [7, 11) is 0. The Morgan fingerprint density at radius 1 is 1.24 bits per heavy atom. The van der Waals surface area contributed by atoms with Gasteiger partial charge >= 0.3 is 0 Å². The third kappa shape index (κ3) is 2.15. The summed E-state index contributed by atoms with van der Waals surface area (Å²) in [5.74, 6) is -0.196. The van der Waals surface area contributed by atoms with Crippen LogP contribution in [0.25, 0.3) is 0 Å². The predicted octanol–water partition coefficient (Wildman–Crippen LogP) is 4.11. The van der Waals surface area contributed by atoms with Crippen LogP contribution in [-0.2, 0) is 6.54 Å². The summed E-state index contributed by atoms with van der Waals surface area (Å²) in [6.07, 6.45) is 0. The summed E-state index contributed by atoms with van der Waals surface area (Å²) in [6, 6.07) is 5.79. The molecule has 0 amide bonds. The van der Waals surface area contributed by atoms with E-state index in [0.29, 0.717) is 21.3 Å². The highest BCUT2D eigenvalue weighted by molar-refractivity contribution is 9.10. The Balaban J connectivity index is 1.98. The monoisotopic (exact) mass is 299 g/mol. The molecule has 1 aliphatic carbocycles. The minimum absolute atomic E-state index is 0.196. The molecule has 0 aromatic heterocycles. The first-order valence-corrected chi connectivity index (χ1v) is 6.73. The number of hydrogen-bond donors (Lipinski definition) is 1. The van der Waals surface area contributed by atoms with E-state index >= 15 is 0 Å². The van der Waals surface area contributed by atoms with Gasteiger partial charge in [0.25, 0.3) is 0 Å². The van der Waals surface area contributed by atoms with Crippen LogP contribution in [-0.4, -0.2) is 6.04 Å². The third-order valence-corrected chi connectivity index (χ3v) is 5.16. The molecule has 0 heterocycles. The van der Waals surface area contributed by atoms with Crippen molar-refractivity contribution in [3.05, 3.63) is 34.1 Å². The molecule has 0 aliphatic heterocycles. The molecular weight excluding hydrogens is 281 g/mol. The van der Waals surface area contributed by atoms with Crippen LogP contribution < -0.4 is 5.32 Å². The Bertz CT molecular complexity index is 426. The first kappa shape index (κ1) is 13.0. The van der Waals surface area contributed by atoms with Gasteiger partial charge in [-0.15, -0.1) is 0 Å². The highest BCUT2D eigenvalue weighted by atomic mass is 79.9. The van der Waals surface area contributed by atoms with E-state index in [1.165, 1.54) is 0 Å². The molecule has 1 aromatic carbocycles. The molecule has 1 nitrogen and oxygen atoms in total. The van der Waals surface area contributed by atoms with Crippen LogP contribution in [0.2, 0.25) is 0 Å². The van der Waals surface area contributed by atoms with E-state index in [0.717, 1.165) is 12.1 Å². The summed E-state index contributed by atoms with van der Waals surface area (Å²) in [6.45, 7) is 9.81. The van der Waals surface area contributed by atoms with Crippen LogP contribution in [0.3, 0.4) is 0 Å². The van der Waals surface area contributed by atoms with Gasteiger partial charge in [0.1, 0.15) is 5.82 Å². The fraction of sp³-hybridized carbons (Fsp3) is 0.571. The lowest BCUT2D eigenvalue weighted by Gasteiger charge is -2.07. The fourth-order valence-corrected chi connectivity index (χ4v) is 2.82. The Hall–Kier alpha value is -0.410. The minimum Gasteiger partial charge on any atom is -0.309 e. The van der Waals surface area contributed by atoms with Crippen LogP contribution in [0.4, 0.5) is 4.39 Å². The van der Waals surface area contributed by atoms with Crippen LogP contribution >= 0.6 is 15.9 Å². The van der Waals surface area contributed by atoms with Gasteiger partial charge in [0.05, 0.1) is 4.47 Å². The van der Waals surface area contributed by atoms with Crippen molar-refractivity contribution in [2.24, 2.45) is 10.8 Å². The second-order valence-electron chi connectivity index (χ2n) is 6.01. The summed E-state index contributed by atoms with van der Waals surface area (Å²) < 4.78 is 13.9. The van der Waals surface area contributed by atoms with Gasteiger partial charge in [-0.1, -0.05) is 33.8 Å². The second-order valence-corrected chi connectivity index (χ2v) is 6.86. The lowest BCUT2D eigenvalue weighted by atomic mass is 10.0. The number of nitrogens with one attached hydrogen (secondary N) is 1. The van der Waals surface area contributed by atoms with Gasteiger partial charge in [-0.3, -0.25) is 0 Å². The zero-order chi connectivity index (χ0) is 12.8. The van der Waals surface area contributed by atoms with Crippen molar-refractivity contribution in [3.8, 4) is 0 Å². The second kappa shape index (κ2) is 4.06. The Morgan fingerprint density at radius 3 is 2.29 bits per heavy atom. The molecule has 1 fully saturated rings. The van der Waals surface area contributed by atoms with E-state index in [1.54, 1.807) is 12.1 Å². The average molecular weight is 300 g/mol. The maximum absolute atomic E-state index is 13.3. The van der Waals surface area contributed by atoms with E-state index in [-0.39, 0.29) is 5.82 Å². The van der Waals surface area contributed by atoms with Crippen molar-refractivity contribution < 1.29 is 4.39 Å². The molecule has 0 unspecified atom stereocenters. The molecule has 0 bridgehead atoms. The summed E-state index contributed by atoms with van der Waals surface area (Å²) in [5, 5.41) is 3.52. The van der Waals surface area contributed by atoms with Gasteiger partial charge < -0.3 is 5.32 Å². The summed E-state index contributed by atoms with van der Waals surface area (Å²) in [4.78, 5) is 0. The molecule has 94 valence electrons. The maximum Gasteiger partial charge on any atom is 0.137 e. The Kier molecular flexibility index (Phi) is 3.11. The molecule has 2 rings (SSSR count). The first-order valence-electron chi connectivity index (χ1n) is 5.94.